The molecule has 0 unspecified atom stereocenters. The van der Waals surface area contributed by atoms with Crippen molar-refractivity contribution >= 4 is 10.1 Å². The monoisotopic (exact) mass is 324 g/mol. The molecule has 0 saturated carbocycles. The average molecular weight is 324 g/mol. The van der Waals surface area contributed by atoms with Crippen molar-refractivity contribution in [3.63, 3.8) is 0 Å². The molecule has 1 aromatic carbocycles. The SMILES string of the molecule is C=CC[C@@H]1C=C[C@H](O)[C@@H](COS(=O)(=O)c2ccc(C)cc2)O1. The fraction of sp³-hybridized carbons (Fsp3) is 0.375. The van der Waals surface area contributed by atoms with Gasteiger partial charge < -0.3 is 9.84 Å². The molecule has 3 atom stereocenters. The molecule has 0 amide bonds. The first-order valence-corrected chi connectivity index (χ1v) is 8.42. The lowest BCUT2D eigenvalue weighted by molar-refractivity contribution is -0.0724. The fourth-order valence-electron chi connectivity index (χ4n) is 2.08. The van der Waals surface area contributed by atoms with E-state index in [2.05, 4.69) is 6.58 Å². The number of aliphatic hydroxyl groups excluding tert-OH is 1. The first kappa shape index (κ1) is 16.9. The molecule has 0 fully saturated rings. The van der Waals surface area contributed by atoms with Gasteiger partial charge in [-0.3, -0.25) is 4.18 Å². The van der Waals surface area contributed by atoms with Gasteiger partial charge in [-0.05, 0) is 25.5 Å². The molecule has 5 nitrogen and oxygen atoms in total. The second kappa shape index (κ2) is 7.19. The molecule has 120 valence electrons. The van der Waals surface area contributed by atoms with Crippen LogP contribution in [-0.2, 0) is 19.0 Å². The number of aliphatic hydroxyl groups is 1. The Balaban J connectivity index is 2.00. The highest BCUT2D eigenvalue weighted by molar-refractivity contribution is 7.86. The van der Waals surface area contributed by atoms with Gasteiger partial charge in [0.2, 0.25) is 0 Å². The van der Waals surface area contributed by atoms with E-state index in [1.165, 1.54) is 12.1 Å². The van der Waals surface area contributed by atoms with Crippen LogP contribution >= 0.6 is 0 Å². The van der Waals surface area contributed by atoms with Crippen LogP contribution in [0.25, 0.3) is 0 Å². The lowest BCUT2D eigenvalue weighted by Gasteiger charge is -2.28. The third kappa shape index (κ3) is 4.27. The third-order valence-corrected chi connectivity index (χ3v) is 4.65. The Morgan fingerprint density at radius 3 is 2.64 bits per heavy atom. The summed E-state index contributed by atoms with van der Waals surface area (Å²) in [5, 5.41) is 9.85. The Labute approximate surface area is 131 Å². The third-order valence-electron chi connectivity index (χ3n) is 3.35. The zero-order valence-electron chi connectivity index (χ0n) is 12.4. The Morgan fingerprint density at radius 2 is 2.00 bits per heavy atom. The molecule has 0 aromatic heterocycles. The van der Waals surface area contributed by atoms with Gasteiger partial charge in [0, 0.05) is 0 Å². The molecule has 1 N–H and O–H groups in total. The van der Waals surface area contributed by atoms with Crippen LogP contribution in [0, 0.1) is 6.92 Å². The predicted molar refractivity (Wildman–Crippen MR) is 82.9 cm³/mol. The lowest BCUT2D eigenvalue weighted by Crippen LogP contribution is -2.39. The number of aryl methyl sites for hydroxylation is 1. The maximum Gasteiger partial charge on any atom is 0.297 e. The standard InChI is InChI=1S/C16H20O5S/c1-3-4-13-7-10-15(17)16(21-13)11-20-22(18,19)14-8-5-12(2)6-9-14/h3,5-10,13,15-17H,1,4,11H2,2H3/t13-,15+,16-/m1/s1. The summed E-state index contributed by atoms with van der Waals surface area (Å²) in [6.45, 7) is 5.26. The van der Waals surface area contributed by atoms with Crippen molar-refractivity contribution in [2.45, 2.75) is 36.6 Å². The maximum atomic E-state index is 12.1. The van der Waals surface area contributed by atoms with E-state index in [-0.39, 0.29) is 17.6 Å². The van der Waals surface area contributed by atoms with E-state index < -0.39 is 22.3 Å². The quantitative estimate of drug-likeness (QED) is 0.640. The average Bonchev–Trinajstić information content (AvgIpc) is 2.48. The first-order valence-electron chi connectivity index (χ1n) is 7.01. The topological polar surface area (TPSA) is 72.8 Å². The minimum Gasteiger partial charge on any atom is -0.386 e. The van der Waals surface area contributed by atoms with Gasteiger partial charge in [0.25, 0.3) is 10.1 Å². The van der Waals surface area contributed by atoms with E-state index in [1.54, 1.807) is 30.4 Å². The Hall–Kier alpha value is -1.47. The van der Waals surface area contributed by atoms with Gasteiger partial charge >= 0.3 is 0 Å². The zero-order valence-corrected chi connectivity index (χ0v) is 13.2. The normalized spacial score (nSPS) is 25.1. The van der Waals surface area contributed by atoms with Crippen LogP contribution in [0.3, 0.4) is 0 Å². The molecule has 0 radical (unpaired) electrons. The largest absolute Gasteiger partial charge is 0.386 e. The lowest BCUT2D eigenvalue weighted by atomic mass is 10.1. The second-order valence-corrected chi connectivity index (χ2v) is 6.78. The number of benzene rings is 1. The highest BCUT2D eigenvalue weighted by Gasteiger charge is 2.28. The van der Waals surface area contributed by atoms with Crippen molar-refractivity contribution in [3.05, 3.63) is 54.6 Å². The van der Waals surface area contributed by atoms with Crippen LogP contribution in [0.2, 0.25) is 0 Å². The molecule has 1 heterocycles. The van der Waals surface area contributed by atoms with Crippen LogP contribution in [0.15, 0.2) is 54.0 Å². The van der Waals surface area contributed by atoms with E-state index in [0.29, 0.717) is 6.42 Å². The van der Waals surface area contributed by atoms with Crippen LogP contribution < -0.4 is 0 Å². The summed E-state index contributed by atoms with van der Waals surface area (Å²) in [5.41, 5.74) is 0.961. The van der Waals surface area contributed by atoms with Crippen molar-refractivity contribution < 1.29 is 22.4 Å². The van der Waals surface area contributed by atoms with Crippen molar-refractivity contribution in [1.29, 1.82) is 0 Å². The summed E-state index contributed by atoms with van der Waals surface area (Å²) in [6, 6.07) is 6.38. The van der Waals surface area contributed by atoms with Gasteiger partial charge in [0.1, 0.15) is 12.2 Å². The van der Waals surface area contributed by atoms with E-state index in [9.17, 15) is 13.5 Å². The molecule has 2 rings (SSSR count). The minimum atomic E-state index is -3.86. The Kier molecular flexibility index (Phi) is 5.52. The van der Waals surface area contributed by atoms with E-state index >= 15 is 0 Å². The van der Waals surface area contributed by atoms with Crippen molar-refractivity contribution in [2.75, 3.05) is 6.61 Å². The highest BCUT2D eigenvalue weighted by Crippen LogP contribution is 2.19. The van der Waals surface area contributed by atoms with E-state index in [0.717, 1.165) is 5.56 Å². The van der Waals surface area contributed by atoms with Gasteiger partial charge in [-0.25, -0.2) is 0 Å². The summed E-state index contributed by atoms with van der Waals surface area (Å²) in [5.74, 6) is 0. The molecule has 1 aliphatic heterocycles. The maximum absolute atomic E-state index is 12.1. The summed E-state index contributed by atoms with van der Waals surface area (Å²) >= 11 is 0. The van der Waals surface area contributed by atoms with Gasteiger partial charge in [-0.2, -0.15) is 8.42 Å². The smallest absolute Gasteiger partial charge is 0.297 e. The highest BCUT2D eigenvalue weighted by atomic mass is 32.2. The number of hydrogen-bond acceptors (Lipinski definition) is 5. The van der Waals surface area contributed by atoms with Gasteiger partial charge in [-0.1, -0.05) is 35.9 Å². The minimum absolute atomic E-state index is 0.0848. The summed E-state index contributed by atoms with van der Waals surface area (Å²) in [7, 11) is -3.86. The number of ether oxygens (including phenoxy) is 1. The summed E-state index contributed by atoms with van der Waals surface area (Å²) < 4.78 is 34.8. The first-order chi connectivity index (χ1) is 10.4. The summed E-state index contributed by atoms with van der Waals surface area (Å²) in [4.78, 5) is 0.0848. The van der Waals surface area contributed by atoms with Crippen molar-refractivity contribution in [2.24, 2.45) is 0 Å². The van der Waals surface area contributed by atoms with Gasteiger partial charge in [0.15, 0.2) is 0 Å². The molecule has 0 bridgehead atoms. The fourth-order valence-corrected chi connectivity index (χ4v) is 3.00. The van der Waals surface area contributed by atoms with Crippen LogP contribution in [-0.4, -0.2) is 38.4 Å². The molecule has 1 aliphatic rings. The molecular weight excluding hydrogens is 304 g/mol. The zero-order chi connectivity index (χ0) is 16.2. The predicted octanol–water partition coefficient (Wildman–Crippen LogP) is 1.96. The molecule has 0 saturated heterocycles. The molecule has 22 heavy (non-hydrogen) atoms. The summed E-state index contributed by atoms with van der Waals surface area (Å²) in [6.07, 6.45) is 3.76. The van der Waals surface area contributed by atoms with Crippen molar-refractivity contribution in [3.8, 4) is 0 Å². The van der Waals surface area contributed by atoms with Crippen LogP contribution in [0.4, 0.5) is 0 Å². The second-order valence-electron chi connectivity index (χ2n) is 5.16. The molecule has 6 heteroatoms. The van der Waals surface area contributed by atoms with Gasteiger partial charge in [-0.15, -0.1) is 6.58 Å². The molecule has 0 spiro atoms. The number of rotatable bonds is 6. The van der Waals surface area contributed by atoms with E-state index in [4.69, 9.17) is 8.92 Å². The van der Waals surface area contributed by atoms with Crippen LogP contribution in [0.5, 0.6) is 0 Å². The van der Waals surface area contributed by atoms with Crippen LogP contribution in [0.1, 0.15) is 12.0 Å². The van der Waals surface area contributed by atoms with Gasteiger partial charge in [0.05, 0.1) is 17.6 Å². The number of hydrogen-bond donors (Lipinski definition) is 1. The van der Waals surface area contributed by atoms with E-state index in [1.807, 2.05) is 6.92 Å². The molecular formula is C16H20O5S. The molecule has 1 aromatic rings. The Morgan fingerprint density at radius 1 is 1.32 bits per heavy atom. The van der Waals surface area contributed by atoms with Crippen molar-refractivity contribution in [1.82, 2.24) is 0 Å². The Bertz CT molecular complexity index is 633. The molecule has 0 aliphatic carbocycles.